The molecule has 2 aromatic carbocycles. The Balaban J connectivity index is 0.00000117. The van der Waals surface area contributed by atoms with Crippen molar-refractivity contribution >= 4 is 29.4 Å². The molecule has 1 atom stereocenters. The monoisotopic (exact) mass is 375 g/mol. The Hall–Kier alpha value is -2.38. The molecular weight excluding hydrogens is 353 g/mol. The smallest absolute Gasteiger partial charge is 0.287 e. The number of nitrogens with one attached hydrogen (secondary N) is 2. The summed E-state index contributed by atoms with van der Waals surface area (Å²) < 4.78 is 15.8. The van der Waals surface area contributed by atoms with Crippen LogP contribution < -0.4 is 10.0 Å². The van der Waals surface area contributed by atoms with Gasteiger partial charge in [0.2, 0.25) is 5.84 Å². The minimum atomic E-state index is -0.915. The van der Waals surface area contributed by atoms with Gasteiger partial charge < -0.3 is 15.1 Å². The van der Waals surface area contributed by atoms with E-state index in [1.165, 1.54) is 36.2 Å². The van der Waals surface area contributed by atoms with E-state index in [9.17, 15) is 14.3 Å². The van der Waals surface area contributed by atoms with Gasteiger partial charge in [0.25, 0.3) is 5.91 Å². The van der Waals surface area contributed by atoms with E-state index in [-0.39, 0.29) is 18.2 Å². The van der Waals surface area contributed by atoms with Crippen molar-refractivity contribution in [2.45, 2.75) is 31.8 Å². The number of aliphatic hydroxyl groups is 1. The highest BCUT2D eigenvalue weighted by Crippen LogP contribution is 2.31. The maximum Gasteiger partial charge on any atom is 0.287 e. The molecule has 0 saturated heterocycles. The van der Waals surface area contributed by atoms with Crippen molar-refractivity contribution < 1.29 is 14.3 Å². The first-order valence-electron chi connectivity index (χ1n) is 8.37. The van der Waals surface area contributed by atoms with Crippen LogP contribution in [0.3, 0.4) is 0 Å². The zero-order valence-corrected chi connectivity index (χ0v) is 15.7. The number of amides is 1. The average molecular weight is 375 g/mol. The fraction of sp³-hybridized carbons (Fsp3) is 0.263. The van der Waals surface area contributed by atoms with Crippen LogP contribution in [0.15, 0.2) is 52.4 Å². The number of aliphatic hydroxyl groups excluding tert-OH is 1. The molecule has 7 heteroatoms. The van der Waals surface area contributed by atoms with Crippen molar-refractivity contribution in [3.05, 3.63) is 59.4 Å². The van der Waals surface area contributed by atoms with E-state index in [0.29, 0.717) is 5.56 Å². The van der Waals surface area contributed by atoms with Gasteiger partial charge in [-0.2, -0.15) is 0 Å². The van der Waals surface area contributed by atoms with Crippen LogP contribution in [0.25, 0.3) is 0 Å². The third kappa shape index (κ3) is 5.06. The highest BCUT2D eigenvalue weighted by atomic mass is 32.2. The van der Waals surface area contributed by atoms with Crippen LogP contribution >= 0.6 is 11.9 Å². The number of fused-ring (bicyclic) bond motifs is 1. The normalized spacial score (nSPS) is 13.3. The first-order valence-corrected chi connectivity index (χ1v) is 9.18. The minimum absolute atomic E-state index is 0.0105. The molecule has 0 fully saturated rings. The number of nitrogens with zero attached hydrogens (tertiary/aromatic N) is 1. The molecular formula is C19H22FN3O2S. The van der Waals surface area contributed by atoms with Crippen LogP contribution in [0.5, 0.6) is 0 Å². The fourth-order valence-corrected chi connectivity index (χ4v) is 3.02. The van der Waals surface area contributed by atoms with Gasteiger partial charge in [0.15, 0.2) is 0 Å². The van der Waals surface area contributed by atoms with Gasteiger partial charge in [-0.25, -0.2) is 9.38 Å². The van der Waals surface area contributed by atoms with E-state index in [2.05, 4.69) is 15.0 Å². The Morgan fingerprint density at radius 2 is 1.96 bits per heavy atom. The topological polar surface area (TPSA) is 73.7 Å². The first kappa shape index (κ1) is 19.9. The number of benzene rings is 2. The third-order valence-electron chi connectivity index (χ3n) is 3.53. The predicted octanol–water partition coefficient (Wildman–Crippen LogP) is 3.65. The molecule has 2 aromatic rings. The zero-order chi connectivity index (χ0) is 19.1. The molecule has 0 aliphatic carbocycles. The van der Waals surface area contributed by atoms with Crippen LogP contribution in [0.1, 0.15) is 31.1 Å². The number of halogens is 1. The van der Waals surface area contributed by atoms with E-state index >= 15 is 0 Å². The molecule has 1 aliphatic heterocycles. The lowest BCUT2D eigenvalue weighted by atomic mass is 10.1. The van der Waals surface area contributed by atoms with Crippen LogP contribution in [-0.2, 0) is 4.79 Å². The predicted molar refractivity (Wildman–Crippen MR) is 103 cm³/mol. The van der Waals surface area contributed by atoms with Gasteiger partial charge in [-0.1, -0.05) is 32.0 Å². The number of amidine groups is 1. The molecule has 1 heterocycles. The summed E-state index contributed by atoms with van der Waals surface area (Å²) >= 11 is 1.33. The Bertz CT molecular complexity index is 794. The summed E-state index contributed by atoms with van der Waals surface area (Å²) in [5.74, 6) is -0.598. The lowest BCUT2D eigenvalue weighted by Crippen LogP contribution is -2.40. The van der Waals surface area contributed by atoms with Gasteiger partial charge >= 0.3 is 0 Å². The number of aliphatic imine (C=N–C) groups is 1. The molecule has 26 heavy (non-hydrogen) atoms. The first-order chi connectivity index (χ1) is 12.5. The van der Waals surface area contributed by atoms with E-state index in [0.717, 1.165) is 16.1 Å². The molecule has 5 nitrogen and oxygen atoms in total. The standard InChI is InChI=1S/C17H16FN3O2S.C2H6/c1-10-2-7-13-15(8-10)24-21-16(20-13)17(23)19-9-14(22)11-3-5-12(18)6-4-11;1-2/h2-8,14,22H,9H2,1H3,(H,19,23)(H,20,21);1-2H3. The second kappa shape index (κ2) is 9.35. The summed E-state index contributed by atoms with van der Waals surface area (Å²) in [5, 5.41) is 12.7. The summed E-state index contributed by atoms with van der Waals surface area (Å²) in [4.78, 5) is 17.4. The number of hydrogen-bond acceptors (Lipinski definition) is 5. The van der Waals surface area contributed by atoms with Gasteiger partial charge in [0.1, 0.15) is 5.82 Å². The molecule has 0 saturated carbocycles. The van der Waals surface area contributed by atoms with Crippen LogP contribution in [0.2, 0.25) is 0 Å². The van der Waals surface area contributed by atoms with Gasteiger partial charge in [0, 0.05) is 6.54 Å². The molecule has 1 unspecified atom stereocenters. The number of rotatable bonds is 4. The number of hydrogen-bond donors (Lipinski definition) is 3. The largest absolute Gasteiger partial charge is 0.387 e. The number of carbonyl (C=O) groups is 1. The number of aryl methyl sites for hydroxylation is 1. The van der Waals surface area contributed by atoms with E-state index in [1.807, 2.05) is 39.0 Å². The summed E-state index contributed by atoms with van der Waals surface area (Å²) in [5.41, 5.74) is 2.38. The summed E-state index contributed by atoms with van der Waals surface area (Å²) in [7, 11) is 0. The van der Waals surface area contributed by atoms with E-state index < -0.39 is 12.0 Å². The van der Waals surface area contributed by atoms with Crippen molar-refractivity contribution in [3.8, 4) is 0 Å². The SMILES string of the molecule is CC.Cc1ccc2c(c1)SNC(C(=O)NCC(O)c1ccc(F)cc1)=N2. The highest BCUT2D eigenvalue weighted by molar-refractivity contribution is 7.98. The van der Waals surface area contributed by atoms with Crippen molar-refractivity contribution in [2.24, 2.45) is 4.99 Å². The summed E-state index contributed by atoms with van der Waals surface area (Å²) in [6, 6.07) is 11.3. The Kier molecular flexibility index (Phi) is 7.17. The van der Waals surface area contributed by atoms with Crippen molar-refractivity contribution in [1.82, 2.24) is 10.0 Å². The molecule has 1 aliphatic rings. The Labute approximate surface area is 156 Å². The quantitative estimate of drug-likeness (QED) is 0.713. The summed E-state index contributed by atoms with van der Waals surface area (Å²) in [6.07, 6.45) is -0.915. The van der Waals surface area contributed by atoms with Crippen molar-refractivity contribution in [1.29, 1.82) is 0 Å². The third-order valence-corrected chi connectivity index (χ3v) is 4.37. The van der Waals surface area contributed by atoms with Crippen LogP contribution in [-0.4, -0.2) is 23.4 Å². The van der Waals surface area contributed by atoms with Crippen molar-refractivity contribution in [2.75, 3.05) is 6.54 Å². The van der Waals surface area contributed by atoms with Gasteiger partial charge in [-0.15, -0.1) is 0 Å². The second-order valence-electron chi connectivity index (χ2n) is 5.41. The highest BCUT2D eigenvalue weighted by Gasteiger charge is 2.19. The molecule has 0 radical (unpaired) electrons. The average Bonchev–Trinajstić information content (AvgIpc) is 2.67. The molecule has 0 spiro atoms. The fourth-order valence-electron chi connectivity index (χ4n) is 2.22. The van der Waals surface area contributed by atoms with E-state index in [4.69, 9.17) is 0 Å². The van der Waals surface area contributed by atoms with Crippen LogP contribution in [0.4, 0.5) is 10.1 Å². The lowest BCUT2D eigenvalue weighted by Gasteiger charge is -2.17. The maximum absolute atomic E-state index is 12.9. The Morgan fingerprint density at radius 3 is 2.65 bits per heavy atom. The van der Waals surface area contributed by atoms with Gasteiger partial charge in [-0.3, -0.25) is 4.79 Å². The van der Waals surface area contributed by atoms with Gasteiger partial charge in [-0.05, 0) is 54.3 Å². The Morgan fingerprint density at radius 1 is 1.27 bits per heavy atom. The molecule has 3 rings (SSSR count). The molecule has 1 amide bonds. The van der Waals surface area contributed by atoms with E-state index in [1.54, 1.807) is 0 Å². The minimum Gasteiger partial charge on any atom is -0.387 e. The molecule has 0 bridgehead atoms. The molecule has 3 N–H and O–H groups in total. The summed E-state index contributed by atoms with van der Waals surface area (Å²) in [6.45, 7) is 6.00. The molecule has 0 aromatic heterocycles. The van der Waals surface area contributed by atoms with Crippen molar-refractivity contribution in [3.63, 3.8) is 0 Å². The number of carbonyl (C=O) groups excluding carboxylic acids is 1. The zero-order valence-electron chi connectivity index (χ0n) is 14.9. The maximum atomic E-state index is 12.9. The molecule has 138 valence electrons. The second-order valence-corrected chi connectivity index (χ2v) is 6.26. The van der Waals surface area contributed by atoms with Gasteiger partial charge in [0.05, 0.1) is 16.7 Å². The lowest BCUT2D eigenvalue weighted by molar-refractivity contribution is -0.115. The van der Waals surface area contributed by atoms with Crippen LogP contribution in [0, 0.1) is 12.7 Å².